The molecule has 134 valence electrons. The Morgan fingerprint density at radius 3 is 2.00 bits per heavy atom. The van der Waals surface area contributed by atoms with Gasteiger partial charge in [-0.25, -0.2) is 0 Å². The molecule has 0 unspecified atom stereocenters. The van der Waals surface area contributed by atoms with Gasteiger partial charge in [0.2, 0.25) is 0 Å². The molecule has 2 aromatic rings. The van der Waals surface area contributed by atoms with Crippen LogP contribution in [-0.2, 0) is 0 Å². The number of nitro benzene ring substituents is 2. The Bertz CT molecular complexity index is 909. The van der Waals surface area contributed by atoms with E-state index in [2.05, 4.69) is 0 Å². The quantitative estimate of drug-likeness (QED) is 0.482. The Morgan fingerprint density at radius 2 is 1.42 bits per heavy atom. The summed E-state index contributed by atoms with van der Waals surface area (Å²) in [5, 5.41) is 42.9. The lowest BCUT2D eigenvalue weighted by Gasteiger charge is -2.29. The highest BCUT2D eigenvalue weighted by Gasteiger charge is 2.32. The van der Waals surface area contributed by atoms with Crippen molar-refractivity contribution in [3.63, 3.8) is 0 Å². The van der Waals surface area contributed by atoms with Crippen LogP contribution in [-0.4, -0.2) is 20.1 Å². The van der Waals surface area contributed by atoms with Crippen LogP contribution < -0.4 is 0 Å². The average molecular weight is 356 g/mol. The van der Waals surface area contributed by atoms with E-state index in [1.165, 1.54) is 24.3 Å². The molecule has 0 spiro atoms. The Hall–Kier alpha value is -3.42. The first-order chi connectivity index (χ1) is 12.4. The summed E-state index contributed by atoms with van der Waals surface area (Å²) in [6.45, 7) is 0. The van der Waals surface area contributed by atoms with Crippen molar-refractivity contribution in [1.29, 1.82) is 0 Å². The van der Waals surface area contributed by atoms with E-state index in [1.807, 2.05) is 12.2 Å². The van der Waals surface area contributed by atoms with Crippen LogP contribution in [0.4, 0.5) is 11.4 Å². The van der Waals surface area contributed by atoms with Crippen LogP contribution in [0.1, 0.15) is 35.8 Å². The van der Waals surface area contributed by atoms with E-state index in [0.717, 1.165) is 0 Å². The molecule has 2 aromatic carbocycles. The molecule has 8 nitrogen and oxygen atoms in total. The van der Waals surface area contributed by atoms with Crippen molar-refractivity contribution in [1.82, 2.24) is 0 Å². The summed E-state index contributed by atoms with van der Waals surface area (Å²) < 4.78 is 0. The number of phenolic OH excluding ortho intramolecular Hbond substituents is 2. The predicted octanol–water partition coefficient (Wildman–Crippen LogP) is 4.13. The molecule has 26 heavy (non-hydrogen) atoms. The number of nitro groups is 2. The number of aromatic hydroxyl groups is 2. The van der Waals surface area contributed by atoms with E-state index >= 15 is 0 Å². The molecule has 1 aliphatic carbocycles. The van der Waals surface area contributed by atoms with Crippen molar-refractivity contribution in [2.24, 2.45) is 0 Å². The van der Waals surface area contributed by atoms with Gasteiger partial charge in [-0.2, -0.15) is 0 Å². The van der Waals surface area contributed by atoms with Crippen molar-refractivity contribution >= 4 is 11.4 Å². The maximum absolute atomic E-state index is 11.1. The van der Waals surface area contributed by atoms with Crippen LogP contribution in [0, 0.1) is 20.2 Å². The van der Waals surface area contributed by atoms with E-state index in [-0.39, 0.29) is 11.6 Å². The van der Waals surface area contributed by atoms with Gasteiger partial charge in [-0.3, -0.25) is 20.2 Å². The maximum atomic E-state index is 11.1. The monoisotopic (exact) mass is 356 g/mol. The molecule has 0 aromatic heterocycles. The minimum Gasteiger partial charge on any atom is -0.502 e. The third-order valence-electron chi connectivity index (χ3n) is 4.67. The maximum Gasteiger partial charge on any atom is 0.311 e. The summed E-state index contributed by atoms with van der Waals surface area (Å²) in [5.41, 5.74) is -0.0481. The van der Waals surface area contributed by atoms with Gasteiger partial charge in [-0.05, 0) is 18.8 Å². The van der Waals surface area contributed by atoms with Crippen molar-refractivity contribution in [2.45, 2.75) is 24.7 Å². The summed E-state index contributed by atoms with van der Waals surface area (Å²) in [5.74, 6) is -1.64. The van der Waals surface area contributed by atoms with E-state index in [1.54, 1.807) is 12.1 Å². The van der Waals surface area contributed by atoms with Crippen LogP contribution >= 0.6 is 0 Å². The molecule has 0 radical (unpaired) electrons. The Morgan fingerprint density at radius 1 is 0.885 bits per heavy atom. The van der Waals surface area contributed by atoms with Gasteiger partial charge in [0.05, 0.1) is 9.85 Å². The highest BCUT2D eigenvalue weighted by Crippen LogP contribution is 2.48. The minimum absolute atomic E-state index is 0.353. The fourth-order valence-corrected chi connectivity index (χ4v) is 3.46. The molecule has 0 bridgehead atoms. The largest absolute Gasteiger partial charge is 0.502 e. The number of nitrogens with zero attached hydrogens (tertiary/aromatic N) is 2. The van der Waals surface area contributed by atoms with Gasteiger partial charge in [0.25, 0.3) is 0 Å². The minimum atomic E-state index is -0.661. The first-order valence-electron chi connectivity index (χ1n) is 8.01. The standard InChI is InChI=1S/C18H16N2O6/c21-17-13(7-3-9-15(17)19(23)24)11-5-1-2-6-12(11)14-8-4-10-16(18(14)22)20(25)26/h1,3-5,7-12,21-22H,2,6H2/t11-,12-/m0/s1. The second-order valence-corrected chi connectivity index (χ2v) is 6.08. The SMILES string of the molecule is O=[N+]([O-])c1cccc([C@H]2C=CCC[C@@H]2c2cccc([N+](=O)[O-])c2O)c1O. The third kappa shape index (κ3) is 2.97. The van der Waals surface area contributed by atoms with Gasteiger partial charge in [0.1, 0.15) is 0 Å². The van der Waals surface area contributed by atoms with E-state index in [0.29, 0.717) is 24.0 Å². The topological polar surface area (TPSA) is 127 Å². The van der Waals surface area contributed by atoms with E-state index in [9.17, 15) is 30.4 Å². The Kier molecular flexibility index (Phi) is 4.57. The molecule has 2 N–H and O–H groups in total. The van der Waals surface area contributed by atoms with Crippen LogP contribution in [0.5, 0.6) is 11.5 Å². The second-order valence-electron chi connectivity index (χ2n) is 6.08. The zero-order valence-electron chi connectivity index (χ0n) is 13.6. The molecular formula is C18H16N2O6. The molecule has 0 amide bonds. The highest BCUT2D eigenvalue weighted by molar-refractivity contribution is 5.57. The number of hydrogen-bond donors (Lipinski definition) is 2. The van der Waals surface area contributed by atoms with Crippen LogP contribution in [0.3, 0.4) is 0 Å². The summed E-state index contributed by atoms with van der Waals surface area (Å²) in [6, 6.07) is 8.61. The molecule has 2 atom stereocenters. The lowest BCUT2D eigenvalue weighted by molar-refractivity contribution is -0.386. The Balaban J connectivity index is 2.11. The number of para-hydroxylation sites is 2. The smallest absolute Gasteiger partial charge is 0.311 e. The average Bonchev–Trinajstić information content (AvgIpc) is 2.62. The van der Waals surface area contributed by atoms with Gasteiger partial charge in [-0.15, -0.1) is 0 Å². The predicted molar refractivity (Wildman–Crippen MR) is 93.4 cm³/mol. The van der Waals surface area contributed by atoms with Gasteiger partial charge in [-0.1, -0.05) is 36.4 Å². The van der Waals surface area contributed by atoms with Gasteiger partial charge >= 0.3 is 11.4 Å². The first kappa shape index (κ1) is 17.4. The molecule has 0 saturated carbocycles. The molecule has 8 heteroatoms. The van der Waals surface area contributed by atoms with Crippen LogP contribution in [0.2, 0.25) is 0 Å². The fraction of sp³-hybridized carbons (Fsp3) is 0.222. The summed E-state index contributed by atoms with van der Waals surface area (Å²) in [7, 11) is 0. The highest BCUT2D eigenvalue weighted by atomic mass is 16.6. The summed E-state index contributed by atoms with van der Waals surface area (Å²) in [6.07, 6.45) is 4.98. The zero-order valence-corrected chi connectivity index (χ0v) is 13.6. The van der Waals surface area contributed by atoms with E-state index in [4.69, 9.17) is 0 Å². The van der Waals surface area contributed by atoms with Gasteiger partial charge < -0.3 is 10.2 Å². The molecule has 0 saturated heterocycles. The third-order valence-corrected chi connectivity index (χ3v) is 4.67. The second kappa shape index (κ2) is 6.83. The molecule has 0 fully saturated rings. The number of allylic oxidation sites excluding steroid dienone is 2. The molecule has 0 heterocycles. The van der Waals surface area contributed by atoms with Crippen molar-refractivity contribution in [3.05, 3.63) is 79.9 Å². The number of hydrogen-bond acceptors (Lipinski definition) is 6. The molecule has 0 aliphatic heterocycles. The van der Waals surface area contributed by atoms with Crippen molar-refractivity contribution in [2.75, 3.05) is 0 Å². The van der Waals surface area contributed by atoms with Crippen molar-refractivity contribution < 1.29 is 20.1 Å². The fourth-order valence-electron chi connectivity index (χ4n) is 3.46. The first-order valence-corrected chi connectivity index (χ1v) is 8.01. The van der Waals surface area contributed by atoms with Crippen LogP contribution in [0.25, 0.3) is 0 Å². The molecule has 3 rings (SSSR count). The molecule has 1 aliphatic rings. The van der Waals surface area contributed by atoms with Crippen molar-refractivity contribution in [3.8, 4) is 11.5 Å². The number of rotatable bonds is 4. The zero-order chi connectivity index (χ0) is 18.8. The lowest BCUT2D eigenvalue weighted by Crippen LogP contribution is -2.14. The van der Waals surface area contributed by atoms with E-state index < -0.39 is 33.0 Å². The van der Waals surface area contributed by atoms with Gasteiger partial charge in [0.15, 0.2) is 11.5 Å². The van der Waals surface area contributed by atoms with Gasteiger partial charge in [0, 0.05) is 29.2 Å². The number of benzene rings is 2. The van der Waals surface area contributed by atoms with Crippen LogP contribution in [0.15, 0.2) is 48.6 Å². The number of phenols is 2. The lowest BCUT2D eigenvalue weighted by atomic mass is 9.75. The summed E-state index contributed by atoms with van der Waals surface area (Å²) >= 11 is 0. The normalized spacial score (nSPS) is 19.2. The summed E-state index contributed by atoms with van der Waals surface area (Å²) in [4.78, 5) is 20.9. The molecular weight excluding hydrogens is 340 g/mol. The Labute approximate surface area is 148 Å².